The second-order valence-corrected chi connectivity index (χ2v) is 8.84. The number of piperidine rings is 1. The van der Waals surface area contributed by atoms with Crippen LogP contribution in [0.5, 0.6) is 5.75 Å². The number of hydrogen-bond acceptors (Lipinski definition) is 5. The van der Waals surface area contributed by atoms with Gasteiger partial charge >= 0.3 is 0 Å². The van der Waals surface area contributed by atoms with Crippen molar-refractivity contribution in [1.29, 1.82) is 0 Å². The second-order valence-electron chi connectivity index (χ2n) is 7.89. The fourth-order valence-electron chi connectivity index (χ4n) is 4.21. The largest absolute Gasteiger partial charge is 0.497 e. The molecule has 0 radical (unpaired) electrons. The van der Waals surface area contributed by atoms with Gasteiger partial charge in [0, 0.05) is 50.7 Å². The van der Waals surface area contributed by atoms with E-state index in [0.717, 1.165) is 4.88 Å². The monoisotopic (exact) mass is 441 g/mol. The van der Waals surface area contributed by atoms with Gasteiger partial charge < -0.3 is 19.4 Å². The summed E-state index contributed by atoms with van der Waals surface area (Å²) in [5.74, 6) is 0.783. The summed E-state index contributed by atoms with van der Waals surface area (Å²) in [4.78, 5) is 44.5. The molecule has 0 bridgehead atoms. The molecule has 8 heteroatoms. The quantitative estimate of drug-likeness (QED) is 0.731. The SMILES string of the molecule is COc1cccc(C(=O)N2CCN(C(=O)C3CCN(C(=O)c4cccs4)CC3)CC2)c1. The number of benzene rings is 1. The van der Waals surface area contributed by atoms with Crippen molar-refractivity contribution in [2.24, 2.45) is 5.92 Å². The predicted octanol–water partition coefficient (Wildman–Crippen LogP) is 2.59. The second kappa shape index (κ2) is 9.51. The van der Waals surface area contributed by atoms with Crippen molar-refractivity contribution in [3.8, 4) is 5.75 Å². The van der Waals surface area contributed by atoms with Crippen molar-refractivity contribution in [2.75, 3.05) is 46.4 Å². The van der Waals surface area contributed by atoms with Crippen LogP contribution < -0.4 is 4.74 Å². The molecule has 7 nitrogen and oxygen atoms in total. The third-order valence-electron chi connectivity index (χ3n) is 6.06. The maximum absolute atomic E-state index is 13.0. The van der Waals surface area contributed by atoms with Gasteiger partial charge in [-0.2, -0.15) is 0 Å². The molecule has 3 amide bonds. The first-order valence-electron chi connectivity index (χ1n) is 10.6. The molecule has 1 aromatic carbocycles. The van der Waals surface area contributed by atoms with Gasteiger partial charge in [-0.1, -0.05) is 12.1 Å². The Morgan fingerprint density at radius 2 is 1.55 bits per heavy atom. The number of piperazine rings is 1. The first kappa shape index (κ1) is 21.4. The number of carbonyl (C=O) groups excluding carboxylic acids is 3. The van der Waals surface area contributed by atoms with Gasteiger partial charge in [0.1, 0.15) is 5.75 Å². The lowest BCUT2D eigenvalue weighted by atomic mass is 9.94. The van der Waals surface area contributed by atoms with E-state index in [4.69, 9.17) is 4.74 Å². The van der Waals surface area contributed by atoms with E-state index in [1.54, 1.807) is 30.2 Å². The highest BCUT2D eigenvalue weighted by molar-refractivity contribution is 7.12. The minimum atomic E-state index is -0.0481. The van der Waals surface area contributed by atoms with Gasteiger partial charge in [-0.3, -0.25) is 14.4 Å². The number of amides is 3. The first-order valence-corrected chi connectivity index (χ1v) is 11.5. The molecule has 2 aliphatic heterocycles. The van der Waals surface area contributed by atoms with E-state index in [0.29, 0.717) is 63.4 Å². The van der Waals surface area contributed by atoms with Crippen LogP contribution >= 0.6 is 11.3 Å². The van der Waals surface area contributed by atoms with E-state index in [1.165, 1.54) is 11.3 Å². The number of thiophene rings is 1. The molecule has 0 spiro atoms. The molecule has 0 unspecified atom stereocenters. The standard InChI is InChI=1S/C23H27N3O4S/c1-30-19-5-2-4-18(16-19)22(28)26-13-11-25(12-14-26)21(27)17-7-9-24(10-8-17)23(29)20-6-3-15-31-20/h2-6,15-17H,7-14H2,1H3. The smallest absolute Gasteiger partial charge is 0.263 e. The molecule has 4 rings (SSSR count). The van der Waals surface area contributed by atoms with Crippen LogP contribution in [-0.4, -0.2) is 78.8 Å². The van der Waals surface area contributed by atoms with Gasteiger partial charge in [-0.25, -0.2) is 0 Å². The van der Waals surface area contributed by atoms with E-state index < -0.39 is 0 Å². The summed E-state index contributed by atoms with van der Waals surface area (Å²) in [7, 11) is 1.58. The van der Waals surface area contributed by atoms with Crippen molar-refractivity contribution < 1.29 is 19.1 Å². The summed E-state index contributed by atoms with van der Waals surface area (Å²) in [5, 5.41) is 1.90. The lowest BCUT2D eigenvalue weighted by Gasteiger charge is -2.38. The van der Waals surface area contributed by atoms with Crippen LogP contribution in [0.3, 0.4) is 0 Å². The summed E-state index contributed by atoms with van der Waals surface area (Å²) >= 11 is 1.45. The summed E-state index contributed by atoms with van der Waals surface area (Å²) in [6, 6.07) is 10.9. The third-order valence-corrected chi connectivity index (χ3v) is 6.92. The maximum Gasteiger partial charge on any atom is 0.263 e. The fraction of sp³-hybridized carbons (Fsp3) is 0.435. The number of carbonyl (C=O) groups is 3. The fourth-order valence-corrected chi connectivity index (χ4v) is 4.90. The van der Waals surface area contributed by atoms with Gasteiger partial charge in [0.2, 0.25) is 5.91 Å². The Morgan fingerprint density at radius 1 is 0.871 bits per heavy atom. The number of ether oxygens (including phenoxy) is 1. The number of methoxy groups -OCH3 is 1. The van der Waals surface area contributed by atoms with Crippen molar-refractivity contribution in [2.45, 2.75) is 12.8 Å². The third kappa shape index (κ3) is 4.74. The van der Waals surface area contributed by atoms with Crippen molar-refractivity contribution in [3.63, 3.8) is 0 Å². The summed E-state index contributed by atoms with van der Waals surface area (Å²) in [5.41, 5.74) is 0.599. The average Bonchev–Trinajstić information content (AvgIpc) is 3.38. The first-order chi connectivity index (χ1) is 15.1. The lowest BCUT2D eigenvalue weighted by molar-refractivity contribution is -0.138. The molecule has 31 heavy (non-hydrogen) atoms. The van der Waals surface area contributed by atoms with Crippen LogP contribution in [0.4, 0.5) is 0 Å². The van der Waals surface area contributed by atoms with Crippen molar-refractivity contribution in [3.05, 3.63) is 52.2 Å². The molecule has 0 aliphatic carbocycles. The minimum Gasteiger partial charge on any atom is -0.497 e. The van der Waals surface area contributed by atoms with Gasteiger partial charge in [0.05, 0.1) is 12.0 Å². The number of nitrogens with zero attached hydrogens (tertiary/aromatic N) is 3. The zero-order valence-corrected chi connectivity index (χ0v) is 18.5. The normalized spacial score (nSPS) is 17.5. The molecule has 0 saturated carbocycles. The highest BCUT2D eigenvalue weighted by atomic mass is 32.1. The van der Waals surface area contributed by atoms with Crippen LogP contribution in [0.25, 0.3) is 0 Å². The Labute approximate surface area is 186 Å². The van der Waals surface area contributed by atoms with Gasteiger partial charge in [0.15, 0.2) is 0 Å². The molecule has 1 aromatic heterocycles. The summed E-state index contributed by atoms with van der Waals surface area (Å²) in [6.45, 7) is 3.36. The molecular weight excluding hydrogens is 414 g/mol. The molecule has 0 atom stereocenters. The van der Waals surface area contributed by atoms with Crippen LogP contribution in [0.2, 0.25) is 0 Å². The highest BCUT2D eigenvalue weighted by Crippen LogP contribution is 2.23. The Hall–Kier alpha value is -2.87. The highest BCUT2D eigenvalue weighted by Gasteiger charge is 2.33. The Bertz CT molecular complexity index is 930. The van der Waals surface area contributed by atoms with E-state index >= 15 is 0 Å². The number of rotatable bonds is 4. The van der Waals surface area contributed by atoms with E-state index in [1.807, 2.05) is 33.4 Å². The molecule has 164 valence electrons. The maximum atomic E-state index is 13.0. The van der Waals surface area contributed by atoms with Gasteiger partial charge in [-0.05, 0) is 42.5 Å². The minimum absolute atomic E-state index is 0.0357. The molecule has 2 aliphatic rings. The Morgan fingerprint density at radius 3 is 2.19 bits per heavy atom. The zero-order chi connectivity index (χ0) is 21.8. The molecule has 0 N–H and O–H groups in total. The van der Waals surface area contributed by atoms with E-state index in [2.05, 4.69) is 0 Å². The van der Waals surface area contributed by atoms with Crippen LogP contribution in [0.1, 0.15) is 32.9 Å². The lowest BCUT2D eigenvalue weighted by Crippen LogP contribution is -2.53. The summed E-state index contributed by atoms with van der Waals surface area (Å²) < 4.78 is 5.20. The van der Waals surface area contributed by atoms with E-state index in [9.17, 15) is 14.4 Å². The van der Waals surface area contributed by atoms with Gasteiger partial charge in [-0.15, -0.1) is 11.3 Å². The number of likely N-dealkylation sites (tertiary alicyclic amines) is 1. The molecule has 2 saturated heterocycles. The van der Waals surface area contributed by atoms with E-state index in [-0.39, 0.29) is 23.6 Å². The zero-order valence-electron chi connectivity index (χ0n) is 17.7. The molecular formula is C23H27N3O4S. The van der Waals surface area contributed by atoms with Crippen molar-refractivity contribution >= 4 is 29.1 Å². The molecule has 2 fully saturated rings. The molecule has 2 aromatic rings. The van der Waals surface area contributed by atoms with Gasteiger partial charge in [0.25, 0.3) is 11.8 Å². The van der Waals surface area contributed by atoms with Crippen molar-refractivity contribution in [1.82, 2.24) is 14.7 Å². The Balaban J connectivity index is 1.27. The summed E-state index contributed by atoms with van der Waals surface area (Å²) in [6.07, 6.45) is 1.39. The number of hydrogen-bond donors (Lipinski definition) is 0. The topological polar surface area (TPSA) is 70.2 Å². The molecule has 3 heterocycles. The Kier molecular flexibility index (Phi) is 6.56. The van der Waals surface area contributed by atoms with Crippen LogP contribution in [0.15, 0.2) is 41.8 Å². The van der Waals surface area contributed by atoms with Crippen LogP contribution in [0, 0.1) is 5.92 Å². The predicted molar refractivity (Wildman–Crippen MR) is 118 cm³/mol. The average molecular weight is 442 g/mol. The van der Waals surface area contributed by atoms with Crippen LogP contribution in [-0.2, 0) is 4.79 Å².